The maximum atomic E-state index is 13.3. The highest BCUT2D eigenvalue weighted by atomic mass is 32.1. The molecule has 0 unspecified atom stereocenters. The molecule has 7 nitrogen and oxygen atoms in total. The van der Waals surface area contributed by atoms with Crippen molar-refractivity contribution in [3.63, 3.8) is 0 Å². The van der Waals surface area contributed by atoms with Gasteiger partial charge < -0.3 is 5.32 Å². The summed E-state index contributed by atoms with van der Waals surface area (Å²) in [5.74, 6) is -0.306. The average Bonchev–Trinajstić information content (AvgIpc) is 3.36. The number of aromatic nitrogens is 4. The molecule has 0 saturated heterocycles. The second-order valence-corrected chi connectivity index (χ2v) is 9.59. The summed E-state index contributed by atoms with van der Waals surface area (Å²) in [6, 6.07) is 9.70. The largest absolute Gasteiger partial charge is 0.324 e. The monoisotopic (exact) mass is 435 g/mol. The minimum Gasteiger partial charge on any atom is -0.324 e. The second-order valence-electron chi connectivity index (χ2n) is 8.64. The lowest BCUT2D eigenvalue weighted by atomic mass is 10.1. The summed E-state index contributed by atoms with van der Waals surface area (Å²) in [6.07, 6.45) is 1.68. The zero-order chi connectivity index (χ0) is 22.3. The molecule has 0 saturated carbocycles. The third-order valence-corrected chi connectivity index (χ3v) is 5.90. The van der Waals surface area contributed by atoms with E-state index in [1.165, 1.54) is 16.0 Å². The number of nitrogens with zero attached hydrogens (tertiary/aromatic N) is 4. The maximum Gasteiger partial charge on any atom is 0.293 e. The number of rotatable bonds is 4. The first-order valence-corrected chi connectivity index (χ1v) is 10.9. The molecule has 8 heteroatoms. The van der Waals surface area contributed by atoms with Crippen molar-refractivity contribution in [3.8, 4) is 10.6 Å². The van der Waals surface area contributed by atoms with Crippen LogP contribution in [-0.4, -0.2) is 25.5 Å². The van der Waals surface area contributed by atoms with Crippen molar-refractivity contribution in [2.24, 2.45) is 0 Å². The molecule has 0 fully saturated rings. The van der Waals surface area contributed by atoms with E-state index >= 15 is 0 Å². The molecule has 160 valence electrons. The Hall–Kier alpha value is -3.26. The summed E-state index contributed by atoms with van der Waals surface area (Å²) in [6.45, 7) is 9.72. The molecule has 4 rings (SSSR count). The number of carbonyl (C=O) groups is 1. The maximum absolute atomic E-state index is 13.3. The number of anilines is 1. The van der Waals surface area contributed by atoms with Gasteiger partial charge in [-0.15, -0.1) is 11.3 Å². The Labute approximate surface area is 184 Å². The van der Waals surface area contributed by atoms with Crippen LogP contribution < -0.4 is 10.9 Å². The van der Waals surface area contributed by atoms with Gasteiger partial charge >= 0.3 is 0 Å². The molecule has 0 radical (unpaired) electrons. The molecule has 0 aliphatic heterocycles. The molecular formula is C23H25N5O2S. The van der Waals surface area contributed by atoms with Gasteiger partial charge in [0.15, 0.2) is 0 Å². The first-order valence-electron chi connectivity index (χ1n) is 10.1. The van der Waals surface area contributed by atoms with Gasteiger partial charge in [0, 0.05) is 5.69 Å². The highest BCUT2D eigenvalue weighted by molar-refractivity contribution is 7.13. The molecule has 0 bridgehead atoms. The molecular weight excluding hydrogens is 410 g/mol. The van der Waals surface area contributed by atoms with Gasteiger partial charge in [-0.3, -0.25) is 14.3 Å². The van der Waals surface area contributed by atoms with E-state index in [1.807, 2.05) is 70.3 Å². The zero-order valence-electron chi connectivity index (χ0n) is 18.3. The number of carbonyl (C=O) groups excluding carboxylic acids is 1. The third-order valence-electron chi connectivity index (χ3n) is 5.02. The summed E-state index contributed by atoms with van der Waals surface area (Å²) in [5.41, 5.74) is 3.18. The Balaban J connectivity index is 1.79. The summed E-state index contributed by atoms with van der Waals surface area (Å²) in [7, 11) is 0. The molecule has 3 aromatic heterocycles. The zero-order valence-corrected chi connectivity index (χ0v) is 19.1. The van der Waals surface area contributed by atoms with Crippen LogP contribution in [0.1, 0.15) is 31.9 Å². The van der Waals surface area contributed by atoms with E-state index in [4.69, 9.17) is 0 Å². The second kappa shape index (κ2) is 7.77. The van der Waals surface area contributed by atoms with Crippen molar-refractivity contribution in [2.75, 3.05) is 5.32 Å². The van der Waals surface area contributed by atoms with E-state index in [9.17, 15) is 9.59 Å². The van der Waals surface area contributed by atoms with Crippen LogP contribution in [0.25, 0.3) is 21.5 Å². The van der Waals surface area contributed by atoms with Crippen molar-refractivity contribution in [1.29, 1.82) is 0 Å². The number of nitrogens with one attached hydrogen (secondary N) is 1. The molecule has 4 aromatic rings. The summed E-state index contributed by atoms with van der Waals surface area (Å²) < 4.78 is 2.95. The van der Waals surface area contributed by atoms with Crippen molar-refractivity contribution in [1.82, 2.24) is 19.6 Å². The minimum absolute atomic E-state index is 0.185. The van der Waals surface area contributed by atoms with Crippen LogP contribution in [0, 0.1) is 13.8 Å². The molecule has 31 heavy (non-hydrogen) atoms. The van der Waals surface area contributed by atoms with Crippen molar-refractivity contribution in [3.05, 3.63) is 63.4 Å². The Morgan fingerprint density at radius 3 is 2.61 bits per heavy atom. The summed E-state index contributed by atoms with van der Waals surface area (Å²) >= 11 is 1.53. The van der Waals surface area contributed by atoms with Crippen LogP contribution >= 0.6 is 11.3 Å². The molecule has 0 atom stereocenters. The van der Waals surface area contributed by atoms with E-state index in [0.29, 0.717) is 16.6 Å². The Morgan fingerprint density at radius 2 is 1.97 bits per heavy atom. The highest BCUT2D eigenvalue weighted by Gasteiger charge is 2.24. The molecule has 3 heterocycles. The normalized spacial score (nSPS) is 11.8. The van der Waals surface area contributed by atoms with E-state index in [0.717, 1.165) is 21.7 Å². The molecule has 0 spiro atoms. The van der Waals surface area contributed by atoms with Gasteiger partial charge in [-0.1, -0.05) is 23.8 Å². The van der Waals surface area contributed by atoms with Crippen molar-refractivity contribution in [2.45, 2.75) is 46.7 Å². The lowest BCUT2D eigenvalue weighted by Gasteiger charge is -2.20. The third kappa shape index (κ3) is 4.03. The Kier molecular flexibility index (Phi) is 5.26. The molecule has 1 aromatic carbocycles. The number of aryl methyl sites for hydroxylation is 2. The van der Waals surface area contributed by atoms with Gasteiger partial charge in [0.25, 0.3) is 5.56 Å². The van der Waals surface area contributed by atoms with Crippen LogP contribution in [0.3, 0.4) is 0 Å². The van der Waals surface area contributed by atoms with Gasteiger partial charge in [-0.05, 0) is 57.7 Å². The Morgan fingerprint density at radius 1 is 1.19 bits per heavy atom. The molecule has 1 N–H and O–H groups in total. The number of thiophene rings is 1. The van der Waals surface area contributed by atoms with E-state index in [1.54, 1.807) is 10.9 Å². The quantitative estimate of drug-likeness (QED) is 0.517. The van der Waals surface area contributed by atoms with Crippen molar-refractivity contribution < 1.29 is 4.79 Å². The first-order chi connectivity index (χ1) is 14.6. The topological polar surface area (TPSA) is 81.8 Å². The van der Waals surface area contributed by atoms with E-state index in [-0.39, 0.29) is 18.0 Å². The predicted molar refractivity (Wildman–Crippen MR) is 125 cm³/mol. The minimum atomic E-state index is -0.395. The van der Waals surface area contributed by atoms with E-state index < -0.39 is 5.54 Å². The van der Waals surface area contributed by atoms with Gasteiger partial charge in [-0.2, -0.15) is 10.2 Å². The number of amides is 1. The average molecular weight is 436 g/mol. The lowest BCUT2D eigenvalue weighted by Crippen LogP contribution is -2.33. The van der Waals surface area contributed by atoms with Crippen LogP contribution in [0.15, 0.2) is 46.7 Å². The number of hydrogen-bond donors (Lipinski definition) is 1. The standard InChI is InChI=1S/C23H25N5O2S/c1-14-8-9-17(15(2)11-14)25-19(29)13-27-22(30)21-16(12-24-28(21)23(3,4)5)20(26-27)18-7-6-10-31-18/h6-12H,13H2,1-5H3,(H,25,29). The highest BCUT2D eigenvalue weighted by Crippen LogP contribution is 2.30. The van der Waals surface area contributed by atoms with Crippen molar-refractivity contribution >= 4 is 33.8 Å². The smallest absolute Gasteiger partial charge is 0.293 e. The Bertz CT molecular complexity index is 1330. The fraction of sp³-hybridized carbons (Fsp3) is 0.304. The fourth-order valence-electron chi connectivity index (χ4n) is 3.56. The number of hydrogen-bond acceptors (Lipinski definition) is 5. The van der Waals surface area contributed by atoms with Crippen LogP contribution in [0.4, 0.5) is 5.69 Å². The lowest BCUT2D eigenvalue weighted by molar-refractivity contribution is -0.117. The van der Waals surface area contributed by atoms with Crippen LogP contribution in [0.2, 0.25) is 0 Å². The van der Waals surface area contributed by atoms with Gasteiger partial charge in [0.1, 0.15) is 17.8 Å². The summed E-state index contributed by atoms with van der Waals surface area (Å²) in [4.78, 5) is 27.1. The first kappa shape index (κ1) is 21.0. The van der Waals surface area contributed by atoms with Gasteiger partial charge in [0.2, 0.25) is 5.91 Å². The molecule has 0 aliphatic rings. The molecule has 0 aliphatic carbocycles. The van der Waals surface area contributed by atoms with Crippen LogP contribution in [0.5, 0.6) is 0 Å². The fourth-order valence-corrected chi connectivity index (χ4v) is 4.28. The SMILES string of the molecule is Cc1ccc(NC(=O)Cn2nc(-c3cccs3)c3cnn(C(C)(C)C)c3c2=O)c(C)c1. The summed E-state index contributed by atoms with van der Waals surface area (Å²) in [5, 5.41) is 14.6. The predicted octanol–water partition coefficient (Wildman–Crippen LogP) is 4.33. The van der Waals surface area contributed by atoms with Gasteiger partial charge in [0.05, 0.1) is 22.0 Å². The van der Waals surface area contributed by atoms with E-state index in [2.05, 4.69) is 15.5 Å². The van der Waals surface area contributed by atoms with Gasteiger partial charge in [-0.25, -0.2) is 4.68 Å². The van der Waals surface area contributed by atoms with Crippen LogP contribution in [-0.2, 0) is 16.9 Å². The number of benzene rings is 1. The molecule has 1 amide bonds. The number of fused-ring (bicyclic) bond motifs is 1.